The van der Waals surface area contributed by atoms with Gasteiger partial charge < -0.3 is 9.80 Å². The summed E-state index contributed by atoms with van der Waals surface area (Å²) >= 11 is 0. The van der Waals surface area contributed by atoms with E-state index in [4.69, 9.17) is 0 Å². The predicted octanol–water partition coefficient (Wildman–Crippen LogP) is 13.4. The van der Waals surface area contributed by atoms with Gasteiger partial charge in [0.25, 0.3) is 0 Å². The Morgan fingerprint density at radius 2 is 0.826 bits per heavy atom. The van der Waals surface area contributed by atoms with Gasteiger partial charge >= 0.3 is 0 Å². The van der Waals surface area contributed by atoms with Crippen LogP contribution in [0.5, 0.6) is 0 Å². The second-order valence-corrected chi connectivity index (χ2v) is 14.3. The summed E-state index contributed by atoms with van der Waals surface area (Å²) in [5.74, 6) is 0.444. The van der Waals surface area contributed by atoms with E-state index < -0.39 is 0 Å². The molecule has 258 valence electrons. The average Bonchev–Trinajstić information content (AvgIpc) is 3.42. The van der Waals surface area contributed by atoms with E-state index in [2.05, 4.69) is 104 Å². The molecule has 0 amide bonds. The van der Waals surface area contributed by atoms with Crippen LogP contribution < -0.4 is 0 Å². The molecule has 3 rings (SSSR count). The maximum atomic E-state index is 2.78. The zero-order chi connectivity index (χ0) is 32.5. The third-order valence-corrected chi connectivity index (χ3v) is 10.7. The van der Waals surface area contributed by atoms with Crippen LogP contribution in [-0.4, -0.2) is 28.6 Å². The van der Waals surface area contributed by atoms with Crippen molar-refractivity contribution < 1.29 is 0 Å². The molecular weight excluding hydrogens is 556 g/mol. The monoisotopic (exact) mass is 629 g/mol. The molecule has 0 N–H and O–H groups in total. The summed E-state index contributed by atoms with van der Waals surface area (Å²) in [4.78, 5) is 5.56. The first kappa shape index (κ1) is 38.2. The van der Waals surface area contributed by atoms with E-state index in [0.717, 1.165) is 25.9 Å². The normalized spacial score (nSPS) is 16.8. The smallest absolute Gasteiger partial charge is 0.123 e. The summed E-state index contributed by atoms with van der Waals surface area (Å²) in [6.45, 7) is 9.34. The van der Waals surface area contributed by atoms with Gasteiger partial charge in [-0.1, -0.05) is 203 Å². The van der Waals surface area contributed by atoms with Crippen LogP contribution in [0.15, 0.2) is 73.1 Å². The highest BCUT2D eigenvalue weighted by molar-refractivity contribution is 5.30. The standard InChI is InChI=1S/C44H72N2/c1-4-7-9-11-13-15-16-17-18-19-21-23-31-37-46-39-38-45(36-30-22-20-14-12-10-8-5-2)44(46,40-41-32-26-24-27-33-41)43(6-3)42-34-28-25-29-35-42/h24-29,32-35,38-39,43H,4-23,30-31,36-37,40H2,1-3H3. The van der Waals surface area contributed by atoms with Crippen LogP contribution in [0.25, 0.3) is 0 Å². The lowest BCUT2D eigenvalue weighted by molar-refractivity contribution is -0.00378. The Labute approximate surface area is 286 Å². The van der Waals surface area contributed by atoms with Crippen LogP contribution in [0, 0.1) is 0 Å². The van der Waals surface area contributed by atoms with Gasteiger partial charge in [-0.25, -0.2) is 0 Å². The first-order chi connectivity index (χ1) is 22.8. The minimum atomic E-state index is -0.0598. The average molecular weight is 629 g/mol. The number of rotatable bonds is 28. The summed E-state index contributed by atoms with van der Waals surface area (Å²) in [5, 5.41) is 0. The second-order valence-electron chi connectivity index (χ2n) is 14.3. The fraction of sp³-hybridized carbons (Fsp3) is 0.682. The summed E-state index contributed by atoms with van der Waals surface area (Å²) in [6.07, 6.45) is 36.4. The maximum Gasteiger partial charge on any atom is 0.123 e. The summed E-state index contributed by atoms with van der Waals surface area (Å²) in [6, 6.07) is 22.8. The van der Waals surface area contributed by atoms with Crippen molar-refractivity contribution in [2.24, 2.45) is 0 Å². The van der Waals surface area contributed by atoms with Crippen molar-refractivity contribution in [3.05, 3.63) is 84.2 Å². The van der Waals surface area contributed by atoms with Gasteiger partial charge in [0.15, 0.2) is 0 Å². The van der Waals surface area contributed by atoms with E-state index >= 15 is 0 Å². The van der Waals surface area contributed by atoms with Crippen molar-refractivity contribution in [1.29, 1.82) is 0 Å². The highest BCUT2D eigenvalue weighted by Gasteiger charge is 2.49. The third-order valence-electron chi connectivity index (χ3n) is 10.7. The first-order valence-electron chi connectivity index (χ1n) is 20.1. The number of benzene rings is 2. The molecule has 2 heteroatoms. The van der Waals surface area contributed by atoms with Crippen molar-refractivity contribution in [3.8, 4) is 0 Å². The molecule has 0 aromatic heterocycles. The molecule has 2 aromatic carbocycles. The Balaban J connectivity index is 1.62. The predicted molar refractivity (Wildman–Crippen MR) is 203 cm³/mol. The van der Waals surface area contributed by atoms with Crippen LogP contribution in [0.1, 0.15) is 179 Å². The molecule has 0 saturated heterocycles. The highest BCUT2D eigenvalue weighted by atomic mass is 15.4. The summed E-state index contributed by atoms with van der Waals surface area (Å²) in [5.41, 5.74) is 2.88. The quantitative estimate of drug-likeness (QED) is 0.0865. The number of hydrogen-bond donors (Lipinski definition) is 0. The topological polar surface area (TPSA) is 6.48 Å². The largest absolute Gasteiger partial charge is 0.353 e. The van der Waals surface area contributed by atoms with Gasteiger partial charge in [0.1, 0.15) is 5.66 Å². The van der Waals surface area contributed by atoms with E-state index in [1.54, 1.807) is 0 Å². The van der Waals surface area contributed by atoms with Crippen molar-refractivity contribution in [1.82, 2.24) is 9.80 Å². The molecule has 46 heavy (non-hydrogen) atoms. The number of nitrogens with zero attached hydrogens (tertiary/aromatic N) is 2. The lowest BCUT2D eigenvalue weighted by Crippen LogP contribution is -2.59. The molecule has 2 aromatic rings. The minimum absolute atomic E-state index is 0.0598. The van der Waals surface area contributed by atoms with Gasteiger partial charge in [-0.15, -0.1) is 0 Å². The molecule has 0 bridgehead atoms. The number of hydrogen-bond acceptors (Lipinski definition) is 2. The lowest BCUT2D eigenvalue weighted by Gasteiger charge is -2.51. The van der Waals surface area contributed by atoms with Crippen LogP contribution in [-0.2, 0) is 6.42 Å². The molecule has 1 aliphatic heterocycles. The van der Waals surface area contributed by atoms with E-state index in [1.165, 1.54) is 146 Å². The van der Waals surface area contributed by atoms with Crippen molar-refractivity contribution in [2.45, 2.75) is 180 Å². The van der Waals surface area contributed by atoms with Crippen LogP contribution in [0.4, 0.5) is 0 Å². The SMILES string of the molecule is CCCCCCCCCCCCCCCN1C=CN(CCCCCCCCCC)C1(Cc1ccccc1)C(CC)c1ccccc1. The minimum Gasteiger partial charge on any atom is -0.353 e. The van der Waals surface area contributed by atoms with Crippen LogP contribution in [0.3, 0.4) is 0 Å². The molecule has 2 atom stereocenters. The van der Waals surface area contributed by atoms with Crippen molar-refractivity contribution in [2.75, 3.05) is 13.1 Å². The van der Waals surface area contributed by atoms with Gasteiger partial charge in [-0.3, -0.25) is 0 Å². The molecule has 2 nitrogen and oxygen atoms in total. The number of unbranched alkanes of at least 4 members (excludes halogenated alkanes) is 19. The molecule has 0 fully saturated rings. The first-order valence-corrected chi connectivity index (χ1v) is 20.1. The van der Waals surface area contributed by atoms with E-state index in [1.807, 2.05) is 0 Å². The Morgan fingerprint density at radius 1 is 0.457 bits per heavy atom. The fourth-order valence-electron chi connectivity index (χ4n) is 7.97. The lowest BCUT2D eigenvalue weighted by atomic mass is 9.78. The third kappa shape index (κ3) is 13.1. The molecule has 1 heterocycles. The Hall–Kier alpha value is -2.22. The Kier molecular flexibility index (Phi) is 19.9. The van der Waals surface area contributed by atoms with Crippen LogP contribution in [0.2, 0.25) is 0 Å². The molecule has 0 aliphatic carbocycles. The zero-order valence-electron chi connectivity index (χ0n) is 30.6. The van der Waals surface area contributed by atoms with Crippen LogP contribution >= 0.6 is 0 Å². The van der Waals surface area contributed by atoms with Gasteiger partial charge in [0, 0.05) is 37.8 Å². The summed E-state index contributed by atoms with van der Waals surface area (Å²) < 4.78 is 0. The van der Waals surface area contributed by atoms with Gasteiger partial charge in [-0.2, -0.15) is 0 Å². The van der Waals surface area contributed by atoms with Gasteiger partial charge in [-0.05, 0) is 30.4 Å². The van der Waals surface area contributed by atoms with Gasteiger partial charge in [0.2, 0.25) is 0 Å². The fourth-order valence-corrected chi connectivity index (χ4v) is 7.97. The maximum absolute atomic E-state index is 2.78. The Morgan fingerprint density at radius 3 is 1.22 bits per heavy atom. The van der Waals surface area contributed by atoms with E-state index in [-0.39, 0.29) is 5.66 Å². The van der Waals surface area contributed by atoms with Crippen molar-refractivity contribution in [3.63, 3.8) is 0 Å². The van der Waals surface area contributed by atoms with E-state index in [9.17, 15) is 0 Å². The molecule has 0 spiro atoms. The van der Waals surface area contributed by atoms with Crippen molar-refractivity contribution >= 4 is 0 Å². The van der Waals surface area contributed by atoms with Gasteiger partial charge in [0.05, 0.1) is 0 Å². The zero-order valence-corrected chi connectivity index (χ0v) is 30.6. The highest BCUT2D eigenvalue weighted by Crippen LogP contribution is 2.45. The van der Waals surface area contributed by atoms with E-state index in [0.29, 0.717) is 5.92 Å². The molecule has 2 unspecified atom stereocenters. The molecule has 0 saturated carbocycles. The molecular formula is C44H72N2. The summed E-state index contributed by atoms with van der Waals surface area (Å²) in [7, 11) is 0. The second kappa shape index (κ2) is 24.0. The Bertz CT molecular complexity index is 1000. The molecule has 1 aliphatic rings. The molecule has 0 radical (unpaired) electrons.